The average molecular weight is 274 g/mol. The summed E-state index contributed by atoms with van der Waals surface area (Å²) in [5.74, 6) is 2.70. The molecule has 0 unspecified atom stereocenters. The third-order valence-electron chi connectivity index (χ3n) is 3.12. The average Bonchev–Trinajstić information content (AvgIpc) is 2.88. The zero-order chi connectivity index (χ0) is 14.4. The number of aryl methyl sites for hydroxylation is 3. The van der Waals surface area contributed by atoms with Gasteiger partial charge in [-0.15, -0.1) is 0 Å². The first kappa shape index (κ1) is 14.4. The van der Waals surface area contributed by atoms with E-state index in [-0.39, 0.29) is 0 Å². The van der Waals surface area contributed by atoms with Gasteiger partial charge >= 0.3 is 0 Å². The van der Waals surface area contributed by atoms with Crippen molar-refractivity contribution in [1.82, 2.24) is 14.8 Å². The number of para-hydroxylation sites is 2. The van der Waals surface area contributed by atoms with Crippen molar-refractivity contribution in [2.75, 3.05) is 12.3 Å². The van der Waals surface area contributed by atoms with Crippen LogP contribution in [-0.2, 0) is 19.4 Å². The molecule has 0 bridgehead atoms. The SMILES string of the molecule is CCc1nc(CC)n(CCCOc2ccccc2N)n1. The normalized spacial score (nSPS) is 10.7. The fraction of sp³-hybridized carbons (Fsp3) is 0.467. The lowest BCUT2D eigenvalue weighted by atomic mass is 10.3. The molecule has 0 amide bonds. The zero-order valence-electron chi connectivity index (χ0n) is 12.2. The van der Waals surface area contributed by atoms with E-state index in [2.05, 4.69) is 23.9 Å². The van der Waals surface area contributed by atoms with Crippen LogP contribution in [0.1, 0.15) is 31.9 Å². The summed E-state index contributed by atoms with van der Waals surface area (Å²) >= 11 is 0. The van der Waals surface area contributed by atoms with Crippen molar-refractivity contribution in [1.29, 1.82) is 0 Å². The number of nitrogens with two attached hydrogens (primary N) is 1. The molecule has 0 saturated carbocycles. The van der Waals surface area contributed by atoms with E-state index < -0.39 is 0 Å². The molecule has 1 aromatic heterocycles. The van der Waals surface area contributed by atoms with E-state index in [4.69, 9.17) is 10.5 Å². The molecule has 1 heterocycles. The number of nitrogens with zero attached hydrogens (tertiary/aromatic N) is 3. The van der Waals surface area contributed by atoms with Gasteiger partial charge in [0.05, 0.1) is 12.3 Å². The van der Waals surface area contributed by atoms with Gasteiger partial charge in [-0.05, 0) is 12.1 Å². The molecule has 5 nitrogen and oxygen atoms in total. The van der Waals surface area contributed by atoms with Crippen LogP contribution in [0.5, 0.6) is 5.75 Å². The second-order valence-corrected chi connectivity index (χ2v) is 4.61. The minimum Gasteiger partial charge on any atom is -0.491 e. The van der Waals surface area contributed by atoms with E-state index >= 15 is 0 Å². The monoisotopic (exact) mass is 274 g/mol. The number of ether oxygens (including phenoxy) is 1. The minimum absolute atomic E-state index is 0.624. The first-order valence-electron chi connectivity index (χ1n) is 7.14. The second kappa shape index (κ2) is 6.93. The first-order chi connectivity index (χ1) is 9.74. The molecule has 0 fully saturated rings. The molecular weight excluding hydrogens is 252 g/mol. The molecule has 5 heteroatoms. The number of rotatable bonds is 7. The highest BCUT2D eigenvalue weighted by molar-refractivity contribution is 5.51. The van der Waals surface area contributed by atoms with E-state index in [0.29, 0.717) is 12.3 Å². The summed E-state index contributed by atoms with van der Waals surface area (Å²) in [6, 6.07) is 7.55. The Kier molecular flexibility index (Phi) is 4.98. The maximum Gasteiger partial charge on any atom is 0.150 e. The zero-order valence-corrected chi connectivity index (χ0v) is 12.2. The molecule has 20 heavy (non-hydrogen) atoms. The Balaban J connectivity index is 1.84. The van der Waals surface area contributed by atoms with E-state index in [1.54, 1.807) is 0 Å². The van der Waals surface area contributed by atoms with Crippen LogP contribution in [0.4, 0.5) is 5.69 Å². The summed E-state index contributed by atoms with van der Waals surface area (Å²) in [6.07, 6.45) is 2.66. The van der Waals surface area contributed by atoms with Crippen molar-refractivity contribution in [3.8, 4) is 5.75 Å². The summed E-state index contributed by atoms with van der Waals surface area (Å²) < 4.78 is 7.66. The van der Waals surface area contributed by atoms with Crippen molar-refractivity contribution >= 4 is 5.69 Å². The molecule has 0 aliphatic carbocycles. The Morgan fingerprint density at radius 1 is 1.20 bits per heavy atom. The third kappa shape index (κ3) is 3.50. The molecule has 0 aliphatic heterocycles. The van der Waals surface area contributed by atoms with Crippen molar-refractivity contribution in [2.24, 2.45) is 0 Å². The smallest absolute Gasteiger partial charge is 0.150 e. The maximum atomic E-state index is 5.83. The third-order valence-corrected chi connectivity index (χ3v) is 3.12. The lowest BCUT2D eigenvalue weighted by Crippen LogP contribution is -2.09. The van der Waals surface area contributed by atoms with E-state index in [0.717, 1.165) is 43.2 Å². The molecule has 2 aromatic rings. The van der Waals surface area contributed by atoms with Crippen LogP contribution in [0.15, 0.2) is 24.3 Å². The van der Waals surface area contributed by atoms with Gasteiger partial charge in [-0.2, -0.15) is 5.10 Å². The number of hydrogen-bond acceptors (Lipinski definition) is 4. The Hall–Kier alpha value is -2.04. The van der Waals surface area contributed by atoms with Crippen LogP contribution in [0.2, 0.25) is 0 Å². The van der Waals surface area contributed by atoms with Gasteiger partial charge in [0, 0.05) is 25.8 Å². The predicted octanol–water partition coefficient (Wildman–Crippen LogP) is 2.45. The molecule has 0 aliphatic rings. The quantitative estimate of drug-likeness (QED) is 0.622. The Bertz CT molecular complexity index is 551. The predicted molar refractivity (Wildman–Crippen MR) is 79.7 cm³/mol. The minimum atomic E-state index is 0.624. The summed E-state index contributed by atoms with van der Waals surface area (Å²) in [4.78, 5) is 4.49. The molecular formula is C15H22N4O. The highest BCUT2D eigenvalue weighted by atomic mass is 16.5. The van der Waals surface area contributed by atoms with Crippen LogP contribution >= 0.6 is 0 Å². The molecule has 0 saturated heterocycles. The molecule has 0 radical (unpaired) electrons. The number of nitrogen functional groups attached to an aromatic ring is 1. The Labute approximate surface area is 119 Å². The lowest BCUT2D eigenvalue weighted by Gasteiger charge is -2.09. The van der Waals surface area contributed by atoms with Gasteiger partial charge in [-0.1, -0.05) is 26.0 Å². The Morgan fingerprint density at radius 3 is 2.70 bits per heavy atom. The van der Waals surface area contributed by atoms with Crippen LogP contribution < -0.4 is 10.5 Å². The van der Waals surface area contributed by atoms with Gasteiger partial charge in [-0.25, -0.2) is 9.67 Å². The molecule has 2 N–H and O–H groups in total. The fourth-order valence-corrected chi connectivity index (χ4v) is 2.02. The van der Waals surface area contributed by atoms with Gasteiger partial charge in [0.2, 0.25) is 0 Å². The molecule has 0 atom stereocenters. The number of benzene rings is 1. The highest BCUT2D eigenvalue weighted by Crippen LogP contribution is 2.19. The standard InChI is InChI=1S/C15H22N4O/c1-3-14-17-15(4-2)19(18-14)10-7-11-20-13-9-6-5-8-12(13)16/h5-6,8-9H,3-4,7,10-11,16H2,1-2H3. The van der Waals surface area contributed by atoms with Gasteiger partial charge in [0.15, 0.2) is 5.82 Å². The van der Waals surface area contributed by atoms with E-state index in [9.17, 15) is 0 Å². The van der Waals surface area contributed by atoms with Crippen LogP contribution in [0.25, 0.3) is 0 Å². The Morgan fingerprint density at radius 2 is 2.00 bits per heavy atom. The summed E-state index contributed by atoms with van der Waals surface area (Å²) in [7, 11) is 0. The van der Waals surface area contributed by atoms with Crippen LogP contribution in [0, 0.1) is 0 Å². The topological polar surface area (TPSA) is 66.0 Å². The lowest BCUT2D eigenvalue weighted by molar-refractivity contribution is 0.299. The maximum absolute atomic E-state index is 5.83. The van der Waals surface area contributed by atoms with Crippen molar-refractivity contribution in [2.45, 2.75) is 39.7 Å². The fourth-order valence-electron chi connectivity index (χ4n) is 2.02. The number of anilines is 1. The van der Waals surface area contributed by atoms with Gasteiger partial charge < -0.3 is 10.5 Å². The first-order valence-corrected chi connectivity index (χ1v) is 7.14. The largest absolute Gasteiger partial charge is 0.491 e. The summed E-state index contributed by atoms with van der Waals surface area (Å²) in [5.41, 5.74) is 6.50. The van der Waals surface area contributed by atoms with Gasteiger partial charge in [-0.3, -0.25) is 0 Å². The summed E-state index contributed by atoms with van der Waals surface area (Å²) in [6.45, 7) is 5.61. The van der Waals surface area contributed by atoms with Crippen molar-refractivity contribution in [3.63, 3.8) is 0 Å². The molecule has 0 spiro atoms. The van der Waals surface area contributed by atoms with Crippen LogP contribution in [0.3, 0.4) is 0 Å². The second-order valence-electron chi connectivity index (χ2n) is 4.61. The van der Waals surface area contributed by atoms with Gasteiger partial charge in [0.1, 0.15) is 11.6 Å². The van der Waals surface area contributed by atoms with E-state index in [1.165, 1.54) is 0 Å². The molecule has 108 valence electrons. The highest BCUT2D eigenvalue weighted by Gasteiger charge is 2.06. The number of hydrogen-bond donors (Lipinski definition) is 1. The number of aromatic nitrogens is 3. The van der Waals surface area contributed by atoms with Crippen molar-refractivity contribution < 1.29 is 4.74 Å². The van der Waals surface area contributed by atoms with Crippen molar-refractivity contribution in [3.05, 3.63) is 35.9 Å². The summed E-state index contributed by atoms with van der Waals surface area (Å²) in [5, 5.41) is 4.49. The molecule has 1 aromatic carbocycles. The molecule has 2 rings (SSSR count). The van der Waals surface area contributed by atoms with E-state index in [1.807, 2.05) is 28.9 Å². The van der Waals surface area contributed by atoms with Crippen LogP contribution in [-0.4, -0.2) is 21.4 Å². The van der Waals surface area contributed by atoms with Gasteiger partial charge in [0.25, 0.3) is 0 Å².